The van der Waals surface area contributed by atoms with E-state index in [0.29, 0.717) is 5.75 Å². The van der Waals surface area contributed by atoms with Gasteiger partial charge in [-0.1, -0.05) is 35.9 Å². The molecule has 5 nitrogen and oxygen atoms in total. The molecule has 0 atom stereocenters. The van der Waals surface area contributed by atoms with Gasteiger partial charge in [-0.15, -0.1) is 4.68 Å². The van der Waals surface area contributed by atoms with Crippen LogP contribution in [0.5, 0.6) is 0 Å². The molecule has 3 aromatic rings. The number of aromatic nitrogens is 3. The summed E-state index contributed by atoms with van der Waals surface area (Å²) >= 11 is 1.40. The molecule has 2 aromatic carbocycles. The van der Waals surface area contributed by atoms with Crippen molar-refractivity contribution in [3.8, 4) is 5.69 Å². The molecule has 0 saturated heterocycles. The molecule has 0 aliphatic rings. The van der Waals surface area contributed by atoms with E-state index in [1.54, 1.807) is 6.33 Å². The number of hydrogen-bond donors (Lipinski definition) is 2. The number of carbonyl (C=O) groups excluding carboxylic acids is 1. The smallest absolute Gasteiger partial charge is 0.325 e. The van der Waals surface area contributed by atoms with Crippen LogP contribution in [-0.4, -0.2) is 21.7 Å². The lowest BCUT2D eigenvalue weighted by Crippen LogP contribution is -2.35. The molecule has 25 heavy (non-hydrogen) atoms. The number of thioether (sulfide) groups is 1. The number of hydrogen-bond acceptors (Lipinski definition) is 3. The quantitative estimate of drug-likeness (QED) is 0.546. The maximum absolute atomic E-state index is 12.4. The molecule has 0 aliphatic carbocycles. The molecule has 3 rings (SSSR count). The summed E-state index contributed by atoms with van der Waals surface area (Å²) in [5.41, 5.74) is 5.23. The lowest BCUT2D eigenvalue weighted by atomic mass is 10.1. The molecule has 0 fully saturated rings. The number of anilines is 1. The van der Waals surface area contributed by atoms with Gasteiger partial charge in [0, 0.05) is 5.69 Å². The summed E-state index contributed by atoms with van der Waals surface area (Å²) in [7, 11) is 0. The zero-order chi connectivity index (χ0) is 17.8. The Hall–Kier alpha value is -2.60. The number of benzene rings is 2. The third-order valence-corrected chi connectivity index (χ3v) is 4.79. The summed E-state index contributed by atoms with van der Waals surface area (Å²) in [6, 6.07) is 14.0. The average Bonchev–Trinajstić information content (AvgIpc) is 3.05. The van der Waals surface area contributed by atoms with Crippen LogP contribution in [-0.2, 0) is 4.79 Å². The van der Waals surface area contributed by atoms with Crippen LogP contribution < -0.4 is 10.00 Å². The van der Waals surface area contributed by atoms with E-state index < -0.39 is 0 Å². The average molecular weight is 353 g/mol. The first kappa shape index (κ1) is 17.2. The zero-order valence-electron chi connectivity index (χ0n) is 14.5. The van der Waals surface area contributed by atoms with Gasteiger partial charge in [-0.3, -0.25) is 4.79 Å². The minimum atomic E-state index is -0.0392. The summed E-state index contributed by atoms with van der Waals surface area (Å²) < 4.78 is 1.86. The summed E-state index contributed by atoms with van der Waals surface area (Å²) in [4.78, 5) is 16.7. The van der Waals surface area contributed by atoms with Gasteiger partial charge in [-0.2, -0.15) is 5.10 Å². The highest BCUT2D eigenvalue weighted by molar-refractivity contribution is 7.99. The van der Waals surface area contributed by atoms with Crippen molar-refractivity contribution in [2.45, 2.75) is 25.9 Å². The van der Waals surface area contributed by atoms with Crippen LogP contribution in [0.3, 0.4) is 0 Å². The Balaban J connectivity index is 1.67. The predicted octanol–water partition coefficient (Wildman–Crippen LogP) is 3.34. The summed E-state index contributed by atoms with van der Waals surface area (Å²) in [5.74, 6) is 0.257. The first-order chi connectivity index (χ1) is 12.0. The van der Waals surface area contributed by atoms with Crippen LogP contribution in [0.1, 0.15) is 16.7 Å². The van der Waals surface area contributed by atoms with Gasteiger partial charge in [0.1, 0.15) is 0 Å². The standard InChI is InChI=1S/C19H20N4OS/c1-13-9-14(2)18(15(3)10-13)22-17(24)11-25-19-20-12-21-23(19)16-7-5-4-6-8-16/h4-10,12H,11H2,1-3H3,(H,22,24)/p+1. The Morgan fingerprint density at radius 1 is 1.16 bits per heavy atom. The fraction of sp³-hybridized carbons (Fsp3) is 0.211. The fourth-order valence-electron chi connectivity index (χ4n) is 2.80. The SMILES string of the molecule is Cc1cc(C)c(NC(=O)CSc2nc[nH][n+]2-c2ccccc2)c(C)c1. The number of nitrogens with zero attached hydrogens (tertiary/aromatic N) is 2. The molecule has 1 amide bonds. The van der Waals surface area contributed by atoms with Crippen molar-refractivity contribution in [2.75, 3.05) is 11.1 Å². The maximum atomic E-state index is 12.4. The number of nitrogens with one attached hydrogen (secondary N) is 2. The third kappa shape index (κ3) is 4.09. The highest BCUT2D eigenvalue weighted by Crippen LogP contribution is 2.22. The normalized spacial score (nSPS) is 10.7. The van der Waals surface area contributed by atoms with Crippen LogP contribution in [0, 0.1) is 20.8 Å². The molecule has 0 aliphatic heterocycles. The summed E-state index contributed by atoms with van der Waals surface area (Å²) in [5, 5.41) is 6.84. The van der Waals surface area contributed by atoms with Crippen LogP contribution in [0.4, 0.5) is 5.69 Å². The molecule has 0 saturated carbocycles. The topological polar surface area (TPSA) is 61.7 Å². The Morgan fingerprint density at radius 2 is 1.84 bits per heavy atom. The Kier molecular flexibility index (Phi) is 5.19. The van der Waals surface area contributed by atoms with Gasteiger partial charge in [0.15, 0.2) is 5.69 Å². The van der Waals surface area contributed by atoms with Crippen LogP contribution in [0.25, 0.3) is 5.69 Å². The molecule has 6 heteroatoms. The van der Waals surface area contributed by atoms with E-state index in [0.717, 1.165) is 27.7 Å². The van der Waals surface area contributed by atoms with Gasteiger partial charge in [0.05, 0.1) is 5.75 Å². The number of amides is 1. The van der Waals surface area contributed by atoms with E-state index >= 15 is 0 Å². The molecule has 1 aromatic heterocycles. The van der Waals surface area contributed by atoms with Crippen LogP contribution in [0.15, 0.2) is 53.9 Å². The van der Waals surface area contributed by atoms with E-state index in [1.807, 2.05) is 48.9 Å². The van der Waals surface area contributed by atoms with Crippen molar-refractivity contribution in [1.82, 2.24) is 10.1 Å². The molecule has 128 valence electrons. The van der Waals surface area contributed by atoms with Gasteiger partial charge < -0.3 is 5.32 Å². The number of H-pyrrole nitrogens is 1. The van der Waals surface area contributed by atoms with Crippen molar-refractivity contribution in [2.24, 2.45) is 0 Å². The highest BCUT2D eigenvalue weighted by Gasteiger charge is 2.19. The largest absolute Gasteiger partial charge is 0.385 e. The number of para-hydroxylation sites is 1. The van der Waals surface area contributed by atoms with Crippen LogP contribution in [0.2, 0.25) is 0 Å². The van der Waals surface area contributed by atoms with Gasteiger partial charge in [-0.25, -0.2) is 0 Å². The molecule has 1 heterocycles. The Labute approximate surface area is 151 Å². The van der Waals surface area contributed by atoms with Crippen molar-refractivity contribution in [1.29, 1.82) is 0 Å². The fourth-order valence-corrected chi connectivity index (χ4v) is 3.55. The first-order valence-corrected chi connectivity index (χ1v) is 9.04. The van der Waals surface area contributed by atoms with Gasteiger partial charge in [0.2, 0.25) is 12.2 Å². The molecule has 0 bridgehead atoms. The summed E-state index contributed by atoms with van der Waals surface area (Å²) in [6.07, 6.45) is 1.63. The molecular weight excluding hydrogens is 332 g/mol. The Morgan fingerprint density at radius 3 is 2.52 bits per heavy atom. The van der Waals surface area contributed by atoms with Crippen LogP contribution >= 0.6 is 11.8 Å². The molecule has 0 radical (unpaired) electrons. The zero-order valence-corrected chi connectivity index (χ0v) is 15.4. The minimum absolute atomic E-state index is 0.0392. The third-order valence-electron chi connectivity index (χ3n) is 3.84. The van der Waals surface area contributed by atoms with E-state index in [4.69, 9.17) is 0 Å². The molecule has 0 spiro atoms. The van der Waals surface area contributed by atoms with E-state index in [9.17, 15) is 4.79 Å². The maximum Gasteiger partial charge on any atom is 0.385 e. The summed E-state index contributed by atoms with van der Waals surface area (Å²) in [6.45, 7) is 6.08. The second-order valence-electron chi connectivity index (χ2n) is 5.95. The highest BCUT2D eigenvalue weighted by atomic mass is 32.2. The van der Waals surface area contributed by atoms with Gasteiger partial charge >= 0.3 is 5.16 Å². The van der Waals surface area contributed by atoms with E-state index in [-0.39, 0.29) is 5.91 Å². The Bertz CT molecular complexity index is 866. The number of carbonyl (C=O) groups is 1. The lowest BCUT2D eigenvalue weighted by molar-refractivity contribution is -0.694. The van der Waals surface area contributed by atoms with Crippen molar-refractivity contribution >= 4 is 23.4 Å². The number of aromatic amines is 1. The van der Waals surface area contributed by atoms with Crippen molar-refractivity contribution in [3.63, 3.8) is 0 Å². The second kappa shape index (κ2) is 7.53. The minimum Gasteiger partial charge on any atom is -0.325 e. The van der Waals surface area contributed by atoms with Gasteiger partial charge in [0.25, 0.3) is 0 Å². The predicted molar refractivity (Wildman–Crippen MR) is 100 cm³/mol. The molecule has 0 unspecified atom stereocenters. The first-order valence-electron chi connectivity index (χ1n) is 8.06. The number of rotatable bonds is 5. The monoisotopic (exact) mass is 353 g/mol. The van der Waals surface area contributed by atoms with Crippen molar-refractivity contribution in [3.05, 3.63) is 65.5 Å². The van der Waals surface area contributed by atoms with Crippen molar-refractivity contribution < 1.29 is 9.48 Å². The number of aryl methyl sites for hydroxylation is 3. The van der Waals surface area contributed by atoms with E-state index in [1.165, 1.54) is 17.3 Å². The van der Waals surface area contributed by atoms with Gasteiger partial charge in [-0.05, 0) is 60.8 Å². The van der Waals surface area contributed by atoms with E-state index in [2.05, 4.69) is 34.5 Å². The molecule has 2 N–H and O–H groups in total. The second-order valence-corrected chi connectivity index (χ2v) is 6.89. The lowest BCUT2D eigenvalue weighted by Gasteiger charge is -2.12. The molecular formula is C19H21N4OS+.